The molecule has 0 radical (unpaired) electrons. The fraction of sp³-hybridized carbons (Fsp3) is 0.174. The minimum atomic E-state index is -0.382. The van der Waals surface area contributed by atoms with Crippen LogP contribution in [0.2, 0.25) is 0 Å². The third-order valence-corrected chi connectivity index (χ3v) is 5.09. The summed E-state index contributed by atoms with van der Waals surface area (Å²) in [4.78, 5) is 12.7. The van der Waals surface area contributed by atoms with E-state index in [1.807, 2.05) is 74.1 Å². The van der Waals surface area contributed by atoms with Gasteiger partial charge in [-0.05, 0) is 35.9 Å². The van der Waals surface area contributed by atoms with E-state index in [1.54, 1.807) is 24.3 Å². The van der Waals surface area contributed by atoms with Crippen LogP contribution in [0, 0.1) is 10.1 Å². The summed E-state index contributed by atoms with van der Waals surface area (Å²) >= 11 is 0. The summed E-state index contributed by atoms with van der Waals surface area (Å²) in [6, 6.07) is 18.9. The maximum absolute atomic E-state index is 11.1. The van der Waals surface area contributed by atoms with Gasteiger partial charge in [-0.3, -0.25) is 10.1 Å². The highest BCUT2D eigenvalue weighted by Gasteiger charge is 2.19. The Morgan fingerprint density at radius 3 is 2.28 bits per heavy atom. The van der Waals surface area contributed by atoms with Gasteiger partial charge in [0, 0.05) is 60.6 Å². The van der Waals surface area contributed by atoms with Crippen LogP contribution >= 0.6 is 0 Å². The number of nitro groups is 1. The molecular weight excluding hydrogens is 366 g/mol. The zero-order valence-electron chi connectivity index (χ0n) is 16.8. The number of nitrogens with zero attached hydrogens (tertiary/aromatic N) is 3. The van der Waals surface area contributed by atoms with Crippen molar-refractivity contribution in [1.82, 2.24) is 4.58 Å². The number of hydrogen-bond donors (Lipinski definition) is 0. The minimum Gasteiger partial charge on any atom is -0.456 e. The molecule has 146 valence electrons. The van der Waals surface area contributed by atoms with Gasteiger partial charge < -0.3 is 9.32 Å². The van der Waals surface area contributed by atoms with Crippen molar-refractivity contribution >= 4 is 22.3 Å². The number of rotatable bonds is 3. The van der Waals surface area contributed by atoms with Gasteiger partial charge in [-0.15, -0.1) is 0 Å². The second-order valence-corrected chi connectivity index (χ2v) is 7.43. The van der Waals surface area contributed by atoms with Crippen LogP contribution in [0.5, 0.6) is 0 Å². The fourth-order valence-electron chi connectivity index (χ4n) is 3.48. The fourth-order valence-corrected chi connectivity index (χ4v) is 3.48. The molecular formula is C23H22N3O3+. The monoisotopic (exact) mass is 388 g/mol. The average molecular weight is 388 g/mol. The standard InChI is InChI=1S/C23H22N3O3/c1-24(2)17-9-11-19-21(13-17)29-22-14-18(25(3)4)10-12-20(22)23(19)15-5-7-16(8-6-15)26(27)28/h5-14H,1-4H3/q+1. The lowest BCUT2D eigenvalue weighted by Crippen LogP contribution is -2.21. The van der Waals surface area contributed by atoms with E-state index in [4.69, 9.17) is 4.42 Å². The zero-order chi connectivity index (χ0) is 20.7. The Balaban J connectivity index is 2.08. The Morgan fingerprint density at radius 1 is 0.931 bits per heavy atom. The number of nitro benzene ring substituents is 1. The molecule has 2 aromatic rings. The first-order valence-electron chi connectivity index (χ1n) is 9.28. The average Bonchev–Trinajstić information content (AvgIpc) is 2.71. The summed E-state index contributed by atoms with van der Waals surface area (Å²) in [6.07, 6.45) is 0. The number of non-ortho nitro benzene ring substituents is 1. The highest BCUT2D eigenvalue weighted by Crippen LogP contribution is 2.40. The van der Waals surface area contributed by atoms with E-state index in [0.29, 0.717) is 0 Å². The SMILES string of the molecule is CN(C)c1ccc2c(-c3ccc([N+](=O)[O-])cc3)c3ccc(=[N+](C)C)cc-3oc2c1. The van der Waals surface area contributed by atoms with E-state index in [9.17, 15) is 10.1 Å². The lowest BCUT2D eigenvalue weighted by molar-refractivity contribution is -0.384. The van der Waals surface area contributed by atoms with Crippen LogP contribution in [-0.4, -0.2) is 33.1 Å². The van der Waals surface area contributed by atoms with Crippen LogP contribution in [0.1, 0.15) is 0 Å². The van der Waals surface area contributed by atoms with Gasteiger partial charge in [-0.1, -0.05) is 0 Å². The van der Waals surface area contributed by atoms with Crippen molar-refractivity contribution in [2.45, 2.75) is 0 Å². The van der Waals surface area contributed by atoms with Gasteiger partial charge in [0.25, 0.3) is 5.69 Å². The molecule has 0 aromatic heterocycles. The lowest BCUT2D eigenvalue weighted by atomic mass is 9.93. The molecule has 2 aliphatic rings. The second-order valence-electron chi connectivity index (χ2n) is 7.43. The Hall–Kier alpha value is -3.67. The van der Waals surface area contributed by atoms with Crippen LogP contribution < -0.4 is 14.8 Å². The Bertz CT molecular complexity index is 1270. The minimum absolute atomic E-state index is 0.0766. The molecule has 4 rings (SSSR count). The predicted molar refractivity (Wildman–Crippen MR) is 116 cm³/mol. The Kier molecular flexibility index (Phi) is 4.54. The van der Waals surface area contributed by atoms with E-state index < -0.39 is 0 Å². The van der Waals surface area contributed by atoms with E-state index in [0.717, 1.165) is 44.5 Å². The molecule has 0 spiro atoms. The largest absolute Gasteiger partial charge is 0.456 e. The smallest absolute Gasteiger partial charge is 0.269 e. The van der Waals surface area contributed by atoms with Crippen molar-refractivity contribution in [2.24, 2.45) is 0 Å². The summed E-state index contributed by atoms with van der Waals surface area (Å²) in [6.45, 7) is 0. The summed E-state index contributed by atoms with van der Waals surface area (Å²) in [5.41, 5.74) is 4.78. The van der Waals surface area contributed by atoms with Gasteiger partial charge in [-0.25, -0.2) is 4.58 Å². The summed E-state index contributed by atoms with van der Waals surface area (Å²) in [7, 11) is 7.96. The summed E-state index contributed by atoms with van der Waals surface area (Å²) in [5, 5.41) is 13.1. The molecule has 0 atom stereocenters. The molecule has 6 nitrogen and oxygen atoms in total. The third-order valence-electron chi connectivity index (χ3n) is 5.09. The van der Waals surface area contributed by atoms with Crippen molar-refractivity contribution < 1.29 is 9.34 Å². The van der Waals surface area contributed by atoms with E-state index in [1.165, 1.54) is 0 Å². The van der Waals surface area contributed by atoms with Crippen molar-refractivity contribution in [1.29, 1.82) is 0 Å². The van der Waals surface area contributed by atoms with Crippen molar-refractivity contribution in [3.8, 4) is 22.5 Å². The topological polar surface area (TPSA) is 62.5 Å². The molecule has 0 unspecified atom stereocenters. The summed E-state index contributed by atoms with van der Waals surface area (Å²) < 4.78 is 8.32. The first-order valence-corrected chi connectivity index (χ1v) is 9.28. The Labute approximate surface area is 168 Å². The molecule has 1 aliphatic heterocycles. The molecule has 2 aromatic carbocycles. The van der Waals surface area contributed by atoms with Crippen molar-refractivity contribution in [3.63, 3.8) is 0 Å². The maximum atomic E-state index is 11.1. The third kappa shape index (κ3) is 3.33. The molecule has 0 fully saturated rings. The molecule has 1 heterocycles. The molecule has 0 bridgehead atoms. The van der Waals surface area contributed by atoms with Gasteiger partial charge in [0.1, 0.15) is 25.4 Å². The highest BCUT2D eigenvalue weighted by molar-refractivity contribution is 6.02. The molecule has 0 saturated heterocycles. The first-order chi connectivity index (χ1) is 13.8. The molecule has 29 heavy (non-hydrogen) atoms. The van der Waals surface area contributed by atoms with Crippen LogP contribution in [0.4, 0.5) is 11.4 Å². The van der Waals surface area contributed by atoms with Crippen LogP contribution in [0.25, 0.3) is 33.4 Å². The van der Waals surface area contributed by atoms with Gasteiger partial charge in [-0.2, -0.15) is 0 Å². The quantitative estimate of drug-likeness (QED) is 0.228. The number of fused-ring (bicyclic) bond motifs is 2. The van der Waals surface area contributed by atoms with E-state index in [-0.39, 0.29) is 10.6 Å². The van der Waals surface area contributed by atoms with E-state index >= 15 is 0 Å². The molecule has 6 heteroatoms. The Morgan fingerprint density at radius 2 is 1.66 bits per heavy atom. The van der Waals surface area contributed by atoms with E-state index in [2.05, 4.69) is 0 Å². The molecule has 0 saturated carbocycles. The summed E-state index contributed by atoms with van der Waals surface area (Å²) in [5.74, 6) is 0.771. The normalized spacial score (nSPS) is 11.0. The highest BCUT2D eigenvalue weighted by atomic mass is 16.6. The van der Waals surface area contributed by atoms with Crippen molar-refractivity contribution in [3.05, 3.63) is 76.1 Å². The molecule has 1 aliphatic carbocycles. The second kappa shape index (κ2) is 7.05. The number of benzene rings is 3. The number of anilines is 1. The van der Waals surface area contributed by atoms with Crippen LogP contribution in [-0.2, 0) is 0 Å². The zero-order valence-corrected chi connectivity index (χ0v) is 16.8. The molecule has 0 amide bonds. The van der Waals surface area contributed by atoms with Crippen LogP contribution in [0.3, 0.4) is 0 Å². The van der Waals surface area contributed by atoms with Crippen LogP contribution in [0.15, 0.2) is 65.1 Å². The molecule has 0 N–H and O–H groups in total. The maximum Gasteiger partial charge on any atom is 0.269 e. The van der Waals surface area contributed by atoms with Gasteiger partial charge in [0.2, 0.25) is 5.36 Å². The predicted octanol–water partition coefficient (Wildman–Crippen LogP) is 4.21. The lowest BCUT2D eigenvalue weighted by Gasteiger charge is -2.17. The first kappa shape index (κ1) is 18.7. The van der Waals surface area contributed by atoms with Gasteiger partial charge in [0.15, 0.2) is 0 Å². The van der Waals surface area contributed by atoms with Crippen molar-refractivity contribution in [2.75, 3.05) is 33.1 Å². The van der Waals surface area contributed by atoms with Gasteiger partial charge in [0.05, 0.1) is 11.0 Å². The van der Waals surface area contributed by atoms with Gasteiger partial charge >= 0.3 is 0 Å². The number of hydrogen-bond acceptors (Lipinski definition) is 4.